The van der Waals surface area contributed by atoms with Gasteiger partial charge in [-0.15, -0.1) is 0 Å². The SMILES string of the molecule is CN(C)c1ccc([C@H](CNC(=O)c2ccc(Cl)c(Cl)c2)[NH+](C)C)cc1. The minimum absolute atomic E-state index is 0.155. The minimum Gasteiger partial charge on any atom is -0.378 e. The Hall–Kier alpha value is -1.75. The Kier molecular flexibility index (Phi) is 6.71. The molecule has 6 heteroatoms. The van der Waals surface area contributed by atoms with E-state index in [4.69, 9.17) is 23.2 Å². The number of rotatable bonds is 6. The Labute approximate surface area is 159 Å². The lowest BCUT2D eigenvalue weighted by atomic mass is 10.0. The molecule has 0 bridgehead atoms. The smallest absolute Gasteiger partial charge is 0.251 e. The highest BCUT2D eigenvalue weighted by Crippen LogP contribution is 2.22. The van der Waals surface area contributed by atoms with E-state index in [0.717, 1.165) is 5.69 Å². The maximum Gasteiger partial charge on any atom is 0.251 e. The van der Waals surface area contributed by atoms with Gasteiger partial charge < -0.3 is 15.1 Å². The van der Waals surface area contributed by atoms with Crippen molar-refractivity contribution >= 4 is 34.8 Å². The van der Waals surface area contributed by atoms with E-state index in [0.29, 0.717) is 22.2 Å². The monoisotopic (exact) mass is 380 g/mol. The summed E-state index contributed by atoms with van der Waals surface area (Å²) in [4.78, 5) is 15.7. The number of halogens is 2. The zero-order valence-corrected chi connectivity index (χ0v) is 16.4. The number of carbonyl (C=O) groups is 1. The second-order valence-electron chi connectivity index (χ2n) is 6.45. The highest BCUT2D eigenvalue weighted by atomic mass is 35.5. The molecule has 0 saturated heterocycles. The van der Waals surface area contributed by atoms with Crippen LogP contribution in [0.3, 0.4) is 0 Å². The molecule has 0 fully saturated rings. The van der Waals surface area contributed by atoms with E-state index >= 15 is 0 Å². The van der Waals surface area contributed by atoms with Gasteiger partial charge in [0, 0.05) is 30.9 Å². The van der Waals surface area contributed by atoms with Gasteiger partial charge in [0.1, 0.15) is 6.04 Å². The van der Waals surface area contributed by atoms with Gasteiger partial charge in [-0.3, -0.25) is 4.79 Å². The predicted octanol–water partition coefficient (Wildman–Crippen LogP) is 2.68. The summed E-state index contributed by atoms with van der Waals surface area (Å²) in [5.41, 5.74) is 2.83. The van der Waals surface area contributed by atoms with E-state index in [1.165, 1.54) is 10.5 Å². The molecule has 4 nitrogen and oxygen atoms in total. The number of nitrogens with zero attached hydrogens (tertiary/aromatic N) is 1. The summed E-state index contributed by atoms with van der Waals surface area (Å²) < 4.78 is 0. The first kappa shape index (κ1) is 19.6. The molecule has 2 N–H and O–H groups in total. The Balaban J connectivity index is 2.08. The average molecular weight is 381 g/mol. The molecular formula is C19H24Cl2N3O+. The van der Waals surface area contributed by atoms with Crippen LogP contribution in [-0.4, -0.2) is 40.6 Å². The van der Waals surface area contributed by atoms with Crippen LogP contribution in [0.2, 0.25) is 10.0 Å². The summed E-state index contributed by atoms with van der Waals surface area (Å²) in [6.07, 6.45) is 0. The molecule has 25 heavy (non-hydrogen) atoms. The van der Waals surface area contributed by atoms with Crippen molar-refractivity contribution in [2.75, 3.05) is 39.6 Å². The number of benzene rings is 2. The standard InChI is InChI=1S/C19H23Cl2N3O/c1-23(2)15-8-5-13(6-9-15)18(24(3)4)12-22-19(25)14-7-10-16(20)17(21)11-14/h5-11,18H,12H2,1-4H3,(H,22,25)/p+1/t18-/m0/s1. The second-order valence-corrected chi connectivity index (χ2v) is 7.27. The Bertz CT molecular complexity index is 730. The van der Waals surface area contributed by atoms with Crippen molar-refractivity contribution in [3.05, 3.63) is 63.6 Å². The summed E-state index contributed by atoms with van der Waals surface area (Å²) in [5.74, 6) is -0.158. The van der Waals surface area contributed by atoms with Gasteiger partial charge in [0.25, 0.3) is 5.91 Å². The topological polar surface area (TPSA) is 36.8 Å². The third-order valence-electron chi connectivity index (χ3n) is 4.16. The molecule has 0 spiro atoms. The van der Waals surface area contributed by atoms with Crippen LogP contribution in [0.4, 0.5) is 5.69 Å². The summed E-state index contributed by atoms with van der Waals surface area (Å²) in [7, 11) is 8.19. The third-order valence-corrected chi connectivity index (χ3v) is 4.90. The largest absolute Gasteiger partial charge is 0.378 e. The maximum atomic E-state index is 12.4. The van der Waals surface area contributed by atoms with E-state index in [-0.39, 0.29) is 11.9 Å². The van der Waals surface area contributed by atoms with Crippen LogP contribution < -0.4 is 15.1 Å². The van der Waals surface area contributed by atoms with Crippen LogP contribution >= 0.6 is 23.2 Å². The van der Waals surface area contributed by atoms with Crippen molar-refractivity contribution in [1.82, 2.24) is 5.32 Å². The van der Waals surface area contributed by atoms with Gasteiger partial charge in [0.15, 0.2) is 0 Å². The molecule has 2 aromatic carbocycles. The van der Waals surface area contributed by atoms with Crippen LogP contribution in [0.1, 0.15) is 22.0 Å². The minimum atomic E-state index is -0.158. The number of carbonyl (C=O) groups excluding carboxylic acids is 1. The zero-order valence-electron chi connectivity index (χ0n) is 14.9. The first-order valence-corrected chi connectivity index (χ1v) is 8.85. The first-order valence-electron chi connectivity index (χ1n) is 8.10. The summed E-state index contributed by atoms with van der Waals surface area (Å²) in [6.45, 7) is 0.530. The van der Waals surface area contributed by atoms with E-state index in [9.17, 15) is 4.79 Å². The van der Waals surface area contributed by atoms with Crippen LogP contribution in [0.15, 0.2) is 42.5 Å². The second kappa shape index (κ2) is 8.56. The number of nitrogens with one attached hydrogen (secondary N) is 2. The molecule has 0 aliphatic rings. The van der Waals surface area contributed by atoms with Gasteiger partial charge in [0.2, 0.25) is 0 Å². The van der Waals surface area contributed by atoms with Gasteiger partial charge in [-0.25, -0.2) is 0 Å². The fourth-order valence-electron chi connectivity index (χ4n) is 2.59. The molecule has 0 radical (unpaired) electrons. The number of likely N-dealkylation sites (N-methyl/N-ethyl adjacent to an activating group) is 1. The number of hydrogen-bond acceptors (Lipinski definition) is 2. The van der Waals surface area contributed by atoms with Crippen LogP contribution in [-0.2, 0) is 0 Å². The normalized spacial score (nSPS) is 12.1. The fourth-order valence-corrected chi connectivity index (χ4v) is 2.89. The van der Waals surface area contributed by atoms with Gasteiger partial charge in [0.05, 0.1) is 30.7 Å². The molecular weight excluding hydrogens is 357 g/mol. The Morgan fingerprint density at radius 3 is 2.24 bits per heavy atom. The third kappa shape index (κ3) is 5.11. The van der Waals surface area contributed by atoms with Crippen LogP contribution in [0, 0.1) is 0 Å². The van der Waals surface area contributed by atoms with Crippen molar-refractivity contribution < 1.29 is 9.69 Å². The van der Waals surface area contributed by atoms with Crippen molar-refractivity contribution in [2.45, 2.75) is 6.04 Å². The maximum absolute atomic E-state index is 12.4. The van der Waals surface area contributed by atoms with E-state index in [1.54, 1.807) is 18.2 Å². The molecule has 134 valence electrons. The quantitative estimate of drug-likeness (QED) is 0.808. The van der Waals surface area contributed by atoms with Crippen LogP contribution in [0.5, 0.6) is 0 Å². The van der Waals surface area contributed by atoms with E-state index < -0.39 is 0 Å². The van der Waals surface area contributed by atoms with E-state index in [2.05, 4.69) is 48.6 Å². The molecule has 0 unspecified atom stereocenters. The molecule has 0 saturated carbocycles. The summed E-state index contributed by atoms with van der Waals surface area (Å²) in [6, 6.07) is 13.4. The van der Waals surface area contributed by atoms with Crippen molar-refractivity contribution in [2.24, 2.45) is 0 Å². The lowest BCUT2D eigenvalue weighted by molar-refractivity contribution is -0.890. The average Bonchev–Trinajstić information content (AvgIpc) is 2.57. The lowest BCUT2D eigenvalue weighted by Crippen LogP contribution is -3.07. The van der Waals surface area contributed by atoms with Gasteiger partial charge >= 0.3 is 0 Å². The fraction of sp³-hybridized carbons (Fsp3) is 0.316. The molecule has 0 aliphatic carbocycles. The van der Waals surface area contributed by atoms with Crippen molar-refractivity contribution in [3.8, 4) is 0 Å². The van der Waals surface area contributed by atoms with Gasteiger partial charge in [-0.2, -0.15) is 0 Å². The Morgan fingerprint density at radius 1 is 1.08 bits per heavy atom. The zero-order chi connectivity index (χ0) is 18.6. The van der Waals surface area contributed by atoms with Gasteiger partial charge in [-0.1, -0.05) is 35.3 Å². The molecule has 1 amide bonds. The predicted molar refractivity (Wildman–Crippen MR) is 105 cm³/mol. The number of quaternary nitrogens is 1. The highest BCUT2D eigenvalue weighted by Gasteiger charge is 2.19. The molecule has 1 atom stereocenters. The molecule has 0 aromatic heterocycles. The number of anilines is 1. The highest BCUT2D eigenvalue weighted by molar-refractivity contribution is 6.42. The molecule has 2 rings (SSSR count). The lowest BCUT2D eigenvalue weighted by Gasteiger charge is -2.23. The van der Waals surface area contributed by atoms with Crippen LogP contribution in [0.25, 0.3) is 0 Å². The van der Waals surface area contributed by atoms with Crippen molar-refractivity contribution in [3.63, 3.8) is 0 Å². The van der Waals surface area contributed by atoms with Gasteiger partial charge in [-0.05, 0) is 30.3 Å². The molecule has 0 heterocycles. The summed E-state index contributed by atoms with van der Waals surface area (Å²) >= 11 is 11.9. The number of amides is 1. The first-order chi connectivity index (χ1) is 11.8. The summed E-state index contributed by atoms with van der Waals surface area (Å²) in [5, 5.41) is 3.81. The Morgan fingerprint density at radius 2 is 1.72 bits per heavy atom. The van der Waals surface area contributed by atoms with Crippen molar-refractivity contribution in [1.29, 1.82) is 0 Å². The van der Waals surface area contributed by atoms with E-state index in [1.807, 2.05) is 14.1 Å². The number of hydrogen-bond donors (Lipinski definition) is 2. The molecule has 0 aliphatic heterocycles. The molecule has 2 aromatic rings.